The van der Waals surface area contributed by atoms with Crippen LogP contribution in [0.15, 0.2) is 78.9 Å². The second-order valence-electron chi connectivity index (χ2n) is 9.46. The van der Waals surface area contributed by atoms with Crippen molar-refractivity contribution in [3.05, 3.63) is 95.7 Å². The molecule has 2 heterocycles. The van der Waals surface area contributed by atoms with Crippen LogP contribution in [0.5, 0.6) is 0 Å². The molecule has 5 nitrogen and oxygen atoms in total. The molecule has 1 atom stereocenters. The standard InChI is InChI=1S/C28H27N3O2/c1-28(2,3)31-25(26(32)29-17-18-11-5-4-6-12-18)20-14-8-7-13-19(20)23-21-15-9-10-16-22(21)30-24(23)27(31)33/h4-16,25,30H,17H2,1-3H3,(H,29,32). The summed E-state index contributed by atoms with van der Waals surface area (Å²) in [7, 11) is 0. The van der Waals surface area contributed by atoms with E-state index in [-0.39, 0.29) is 11.8 Å². The average Bonchev–Trinajstić information content (AvgIpc) is 3.15. The normalized spacial score (nSPS) is 15.7. The van der Waals surface area contributed by atoms with Crippen molar-refractivity contribution in [3.63, 3.8) is 0 Å². The molecule has 0 aliphatic carbocycles. The molecule has 166 valence electrons. The number of fused-ring (bicyclic) bond motifs is 5. The fraction of sp³-hybridized carbons (Fsp3) is 0.214. The molecular weight excluding hydrogens is 410 g/mol. The van der Waals surface area contributed by atoms with Crippen molar-refractivity contribution in [2.24, 2.45) is 0 Å². The molecule has 5 rings (SSSR count). The van der Waals surface area contributed by atoms with Crippen LogP contribution in [0.25, 0.3) is 22.0 Å². The highest BCUT2D eigenvalue weighted by molar-refractivity contribution is 6.13. The molecule has 0 fully saturated rings. The topological polar surface area (TPSA) is 65.2 Å². The second kappa shape index (κ2) is 7.93. The first-order valence-electron chi connectivity index (χ1n) is 11.2. The van der Waals surface area contributed by atoms with E-state index in [9.17, 15) is 9.59 Å². The van der Waals surface area contributed by atoms with Crippen LogP contribution in [0, 0.1) is 0 Å². The van der Waals surface area contributed by atoms with Crippen LogP contribution in [0.2, 0.25) is 0 Å². The number of amides is 2. The molecule has 0 radical (unpaired) electrons. The summed E-state index contributed by atoms with van der Waals surface area (Å²) < 4.78 is 0. The van der Waals surface area contributed by atoms with Gasteiger partial charge < -0.3 is 15.2 Å². The van der Waals surface area contributed by atoms with E-state index in [1.54, 1.807) is 4.90 Å². The van der Waals surface area contributed by atoms with Gasteiger partial charge in [0.2, 0.25) is 5.91 Å². The molecule has 0 saturated carbocycles. The van der Waals surface area contributed by atoms with Gasteiger partial charge in [-0.1, -0.05) is 72.8 Å². The third-order valence-electron chi connectivity index (χ3n) is 6.20. The van der Waals surface area contributed by atoms with Crippen molar-refractivity contribution in [1.82, 2.24) is 15.2 Å². The van der Waals surface area contributed by atoms with Crippen LogP contribution in [0.3, 0.4) is 0 Å². The van der Waals surface area contributed by atoms with E-state index in [4.69, 9.17) is 0 Å². The van der Waals surface area contributed by atoms with Crippen molar-refractivity contribution in [2.75, 3.05) is 0 Å². The number of H-pyrrole nitrogens is 1. The lowest BCUT2D eigenvalue weighted by Crippen LogP contribution is -2.52. The van der Waals surface area contributed by atoms with Crippen molar-refractivity contribution in [3.8, 4) is 11.1 Å². The zero-order valence-corrected chi connectivity index (χ0v) is 19.1. The minimum absolute atomic E-state index is 0.176. The summed E-state index contributed by atoms with van der Waals surface area (Å²) in [4.78, 5) is 32.8. The Morgan fingerprint density at radius 1 is 0.939 bits per heavy atom. The smallest absolute Gasteiger partial charge is 0.272 e. The number of hydrogen-bond acceptors (Lipinski definition) is 2. The zero-order valence-electron chi connectivity index (χ0n) is 19.1. The molecule has 1 aliphatic heterocycles. The Kier molecular flexibility index (Phi) is 5.05. The maximum Gasteiger partial charge on any atom is 0.272 e. The van der Waals surface area contributed by atoms with Crippen LogP contribution in [0.4, 0.5) is 0 Å². The van der Waals surface area contributed by atoms with Crippen LogP contribution in [-0.4, -0.2) is 27.2 Å². The fourth-order valence-corrected chi connectivity index (χ4v) is 4.75. The zero-order chi connectivity index (χ0) is 23.2. The minimum Gasteiger partial charge on any atom is -0.350 e. The van der Waals surface area contributed by atoms with Gasteiger partial charge in [-0.25, -0.2) is 0 Å². The summed E-state index contributed by atoms with van der Waals surface area (Å²) in [5.41, 5.74) is 4.46. The van der Waals surface area contributed by atoms with Crippen molar-refractivity contribution < 1.29 is 9.59 Å². The number of aromatic nitrogens is 1. The SMILES string of the molecule is CC(C)(C)N1C(=O)c2[nH]c3ccccc3c2-c2ccccc2C1C(=O)NCc1ccccc1. The molecule has 3 aromatic carbocycles. The number of aromatic amines is 1. The number of rotatable bonds is 3. The van der Waals surface area contributed by atoms with Crippen molar-refractivity contribution in [2.45, 2.75) is 38.9 Å². The lowest BCUT2D eigenvalue weighted by atomic mass is 9.92. The van der Waals surface area contributed by atoms with Gasteiger partial charge in [0.05, 0.1) is 0 Å². The Hall–Kier alpha value is -3.86. The van der Waals surface area contributed by atoms with Crippen LogP contribution in [-0.2, 0) is 11.3 Å². The van der Waals surface area contributed by atoms with Crippen LogP contribution >= 0.6 is 0 Å². The molecule has 0 spiro atoms. The number of hydrogen-bond donors (Lipinski definition) is 2. The Morgan fingerprint density at radius 2 is 1.61 bits per heavy atom. The number of carbonyl (C=O) groups excluding carboxylic acids is 2. The molecule has 4 aromatic rings. The Morgan fingerprint density at radius 3 is 2.36 bits per heavy atom. The molecule has 33 heavy (non-hydrogen) atoms. The van der Waals surface area contributed by atoms with Crippen molar-refractivity contribution in [1.29, 1.82) is 0 Å². The first-order chi connectivity index (χ1) is 15.9. The quantitative estimate of drug-likeness (QED) is 0.448. The van der Waals surface area contributed by atoms with Gasteiger partial charge in [-0.15, -0.1) is 0 Å². The Balaban J connectivity index is 1.68. The molecule has 0 bridgehead atoms. The van der Waals surface area contributed by atoms with E-state index in [2.05, 4.69) is 10.3 Å². The Bertz CT molecular complexity index is 1350. The highest BCUT2D eigenvalue weighted by Crippen LogP contribution is 2.44. The predicted octanol–water partition coefficient (Wildman–Crippen LogP) is 5.45. The summed E-state index contributed by atoms with van der Waals surface area (Å²) in [6.07, 6.45) is 0. The van der Waals surface area contributed by atoms with Gasteiger partial charge in [-0.2, -0.15) is 0 Å². The minimum atomic E-state index is -0.753. The first kappa shape index (κ1) is 21.0. The summed E-state index contributed by atoms with van der Waals surface area (Å²) in [5, 5.41) is 4.05. The summed E-state index contributed by atoms with van der Waals surface area (Å²) >= 11 is 0. The van der Waals surface area contributed by atoms with Gasteiger partial charge in [0.15, 0.2) is 0 Å². The molecule has 1 unspecified atom stereocenters. The molecular formula is C28H27N3O2. The molecule has 2 N–H and O–H groups in total. The van der Waals surface area contributed by atoms with E-state index < -0.39 is 11.6 Å². The van der Waals surface area contributed by atoms with Crippen LogP contribution in [0.1, 0.15) is 48.4 Å². The number of carbonyl (C=O) groups is 2. The highest BCUT2D eigenvalue weighted by Gasteiger charge is 2.43. The third kappa shape index (κ3) is 3.59. The number of benzene rings is 3. The Labute approximate surface area is 193 Å². The van der Waals surface area contributed by atoms with E-state index in [0.29, 0.717) is 12.2 Å². The van der Waals surface area contributed by atoms with Gasteiger partial charge in [0, 0.05) is 28.6 Å². The molecule has 1 aromatic heterocycles. The first-order valence-corrected chi connectivity index (χ1v) is 11.2. The second-order valence-corrected chi connectivity index (χ2v) is 9.46. The highest BCUT2D eigenvalue weighted by atomic mass is 16.2. The number of para-hydroxylation sites is 1. The molecule has 0 saturated heterocycles. The molecule has 2 amide bonds. The third-order valence-corrected chi connectivity index (χ3v) is 6.20. The van der Waals surface area contributed by atoms with E-state index in [1.165, 1.54) is 0 Å². The predicted molar refractivity (Wildman–Crippen MR) is 131 cm³/mol. The summed E-state index contributed by atoms with van der Waals surface area (Å²) in [5.74, 6) is -0.367. The monoisotopic (exact) mass is 437 g/mol. The average molecular weight is 438 g/mol. The number of nitrogens with one attached hydrogen (secondary N) is 2. The van der Waals surface area contributed by atoms with E-state index in [0.717, 1.165) is 33.2 Å². The lowest BCUT2D eigenvalue weighted by molar-refractivity contribution is -0.127. The van der Waals surface area contributed by atoms with Crippen LogP contribution < -0.4 is 5.32 Å². The van der Waals surface area contributed by atoms with Crippen molar-refractivity contribution >= 4 is 22.7 Å². The maximum absolute atomic E-state index is 14.0. The van der Waals surface area contributed by atoms with E-state index >= 15 is 0 Å². The largest absolute Gasteiger partial charge is 0.350 e. The summed E-state index contributed by atoms with van der Waals surface area (Å²) in [6.45, 7) is 6.31. The maximum atomic E-state index is 14.0. The van der Waals surface area contributed by atoms with Gasteiger partial charge in [0.1, 0.15) is 11.7 Å². The molecule has 1 aliphatic rings. The number of nitrogens with zero attached hydrogens (tertiary/aromatic N) is 1. The van der Waals surface area contributed by atoms with Gasteiger partial charge in [-0.05, 0) is 43.5 Å². The molecule has 5 heteroatoms. The van der Waals surface area contributed by atoms with Gasteiger partial charge in [0.25, 0.3) is 5.91 Å². The van der Waals surface area contributed by atoms with E-state index in [1.807, 2.05) is 99.6 Å². The summed E-state index contributed by atoms with van der Waals surface area (Å²) in [6, 6.07) is 24.8. The fourth-order valence-electron chi connectivity index (χ4n) is 4.75. The lowest BCUT2D eigenvalue weighted by Gasteiger charge is -2.40. The van der Waals surface area contributed by atoms with Gasteiger partial charge in [-0.3, -0.25) is 9.59 Å². The van der Waals surface area contributed by atoms with Gasteiger partial charge >= 0.3 is 0 Å².